The van der Waals surface area contributed by atoms with Crippen molar-refractivity contribution in [3.63, 3.8) is 0 Å². The molecule has 2 saturated carbocycles. The predicted molar refractivity (Wildman–Crippen MR) is 155 cm³/mol. The maximum Gasteiger partial charge on any atom is 0.337 e. The quantitative estimate of drug-likeness (QED) is 0.441. The third-order valence-electron chi connectivity index (χ3n) is 10.2. The number of carboxylic acid groups (broad SMARTS) is 1. The zero-order valence-electron chi connectivity index (χ0n) is 23.2. The van der Waals surface area contributed by atoms with Crippen molar-refractivity contribution in [3.8, 4) is 5.75 Å². The van der Waals surface area contributed by atoms with Crippen LogP contribution in [0.15, 0.2) is 24.4 Å². The summed E-state index contributed by atoms with van der Waals surface area (Å²) < 4.78 is 8.33. The summed E-state index contributed by atoms with van der Waals surface area (Å²) in [7, 11) is 1.77. The average molecular weight is 528 g/mol. The van der Waals surface area contributed by atoms with E-state index in [0.29, 0.717) is 17.4 Å². The van der Waals surface area contributed by atoms with Gasteiger partial charge in [0, 0.05) is 40.0 Å². The van der Waals surface area contributed by atoms with Crippen molar-refractivity contribution in [1.29, 1.82) is 0 Å². The van der Waals surface area contributed by atoms with Gasteiger partial charge < -0.3 is 24.3 Å². The lowest BCUT2D eigenvalue weighted by Crippen LogP contribution is -2.33. The third-order valence-corrected chi connectivity index (χ3v) is 10.2. The van der Waals surface area contributed by atoms with Crippen LogP contribution in [0, 0.1) is 5.92 Å². The Morgan fingerprint density at radius 2 is 1.90 bits per heavy atom. The maximum absolute atomic E-state index is 12.4. The van der Waals surface area contributed by atoms with Gasteiger partial charge in [-0.25, -0.2) is 4.79 Å². The summed E-state index contributed by atoms with van der Waals surface area (Å²) in [6, 6.07) is 6.84. The molecule has 1 unspecified atom stereocenters. The van der Waals surface area contributed by atoms with Gasteiger partial charge in [0.1, 0.15) is 5.75 Å². The molecule has 7 rings (SSSR count). The summed E-state index contributed by atoms with van der Waals surface area (Å²) in [6.07, 6.45) is 17.4. The number of H-pyrrole nitrogens is 1. The van der Waals surface area contributed by atoms with E-state index in [2.05, 4.69) is 38.9 Å². The Hall–Kier alpha value is -2.99. The topological polar surface area (TPSA) is 70.5 Å². The minimum absolute atomic E-state index is 0.274. The zero-order chi connectivity index (χ0) is 26.5. The summed E-state index contributed by atoms with van der Waals surface area (Å²) in [5.74, 6) is 1.39. The number of hydrogen-bond acceptors (Lipinski definition) is 3. The highest BCUT2D eigenvalue weighted by molar-refractivity contribution is 5.94. The maximum atomic E-state index is 12.4. The van der Waals surface area contributed by atoms with E-state index in [-0.39, 0.29) is 5.92 Å². The van der Waals surface area contributed by atoms with Gasteiger partial charge >= 0.3 is 5.97 Å². The summed E-state index contributed by atoms with van der Waals surface area (Å²) in [5.41, 5.74) is 5.70. The molecule has 2 aliphatic heterocycles. The molecule has 1 aromatic carbocycles. The molecule has 3 fully saturated rings. The lowest BCUT2D eigenvalue weighted by Gasteiger charge is -2.35. The van der Waals surface area contributed by atoms with Gasteiger partial charge in [-0.3, -0.25) is 0 Å². The molecule has 2 N–H and O–H groups in total. The summed E-state index contributed by atoms with van der Waals surface area (Å²) in [6.45, 7) is 3.62. The van der Waals surface area contributed by atoms with Crippen LogP contribution in [-0.4, -0.2) is 52.3 Å². The van der Waals surface area contributed by atoms with E-state index >= 15 is 0 Å². The molecule has 0 bridgehead atoms. The van der Waals surface area contributed by atoms with E-state index in [1.807, 2.05) is 0 Å². The minimum atomic E-state index is -0.868. The highest BCUT2D eigenvalue weighted by atomic mass is 16.5. The van der Waals surface area contributed by atoms with Gasteiger partial charge in [-0.15, -0.1) is 0 Å². The van der Waals surface area contributed by atoms with Crippen molar-refractivity contribution >= 4 is 28.6 Å². The monoisotopic (exact) mass is 527 g/mol. The third kappa shape index (κ3) is 4.23. The van der Waals surface area contributed by atoms with Crippen molar-refractivity contribution in [2.45, 2.75) is 82.5 Å². The lowest BCUT2D eigenvalue weighted by molar-refractivity contribution is 0.0696. The van der Waals surface area contributed by atoms with Gasteiger partial charge in [-0.1, -0.05) is 25.3 Å². The van der Waals surface area contributed by atoms with Crippen molar-refractivity contribution in [1.82, 2.24) is 14.5 Å². The number of likely N-dealkylation sites (tertiary alicyclic amines) is 1. The Morgan fingerprint density at radius 3 is 2.67 bits per heavy atom. The molecule has 39 heavy (non-hydrogen) atoms. The van der Waals surface area contributed by atoms with Crippen molar-refractivity contribution in [2.75, 3.05) is 26.7 Å². The van der Waals surface area contributed by atoms with E-state index in [4.69, 9.17) is 4.74 Å². The molecular weight excluding hydrogens is 486 g/mol. The predicted octanol–water partition coefficient (Wildman–Crippen LogP) is 5.54. The SMILES string of the molecule is COc1ccc(C2CCCCC2)c2c1cc1n2C=c2c(C(=O)O)c[nH]c2=C2CCCC(CCN3CCCC3)[C@@H]21. The van der Waals surface area contributed by atoms with E-state index in [1.54, 1.807) is 13.3 Å². The first-order valence-electron chi connectivity index (χ1n) is 15.2. The van der Waals surface area contributed by atoms with Crippen LogP contribution < -0.4 is 15.3 Å². The molecule has 0 spiro atoms. The van der Waals surface area contributed by atoms with Gasteiger partial charge in [0.15, 0.2) is 0 Å². The zero-order valence-corrected chi connectivity index (χ0v) is 23.2. The number of ether oxygens (including phenoxy) is 1. The normalized spacial score (nSPS) is 23.7. The molecule has 2 aliphatic carbocycles. The number of nitrogens with one attached hydrogen (secondary N) is 1. The van der Waals surface area contributed by atoms with E-state index < -0.39 is 5.97 Å². The van der Waals surface area contributed by atoms with Crippen LogP contribution in [0.2, 0.25) is 0 Å². The smallest absolute Gasteiger partial charge is 0.337 e. The van der Waals surface area contributed by atoms with Crippen molar-refractivity contribution in [2.24, 2.45) is 5.92 Å². The largest absolute Gasteiger partial charge is 0.496 e. The van der Waals surface area contributed by atoms with Crippen LogP contribution in [0.4, 0.5) is 0 Å². The fourth-order valence-corrected chi connectivity index (χ4v) is 8.33. The van der Waals surface area contributed by atoms with Gasteiger partial charge in [0.05, 0.1) is 18.2 Å². The molecule has 2 aromatic heterocycles. The van der Waals surface area contributed by atoms with Gasteiger partial charge in [-0.2, -0.15) is 0 Å². The molecule has 6 nitrogen and oxygen atoms in total. The molecule has 2 atom stereocenters. The lowest BCUT2D eigenvalue weighted by atomic mass is 9.72. The number of aromatic carboxylic acids is 1. The van der Waals surface area contributed by atoms with Crippen molar-refractivity contribution in [3.05, 3.63) is 51.8 Å². The van der Waals surface area contributed by atoms with E-state index in [0.717, 1.165) is 35.7 Å². The Balaban J connectivity index is 1.47. The Morgan fingerprint density at radius 1 is 1.08 bits per heavy atom. The van der Waals surface area contributed by atoms with Gasteiger partial charge in [0.2, 0.25) is 0 Å². The molecule has 3 aromatic rings. The molecule has 4 heterocycles. The molecule has 6 heteroatoms. The number of rotatable bonds is 6. The van der Waals surface area contributed by atoms with E-state index in [9.17, 15) is 9.90 Å². The summed E-state index contributed by atoms with van der Waals surface area (Å²) in [4.78, 5) is 18.4. The Bertz CT molecular complexity index is 1520. The Labute approximate surface area is 230 Å². The van der Waals surface area contributed by atoms with Crippen LogP contribution in [-0.2, 0) is 0 Å². The number of carboxylic acids is 1. The van der Waals surface area contributed by atoms with Crippen LogP contribution >= 0.6 is 0 Å². The van der Waals surface area contributed by atoms with Crippen LogP contribution in [0.25, 0.3) is 22.7 Å². The Kier molecular flexibility index (Phi) is 6.54. The molecule has 0 radical (unpaired) electrons. The van der Waals surface area contributed by atoms with Crippen LogP contribution in [0.5, 0.6) is 5.75 Å². The fraction of sp³-hybridized carbons (Fsp3) is 0.545. The van der Waals surface area contributed by atoms with Crippen LogP contribution in [0.1, 0.15) is 104 Å². The number of nitrogens with zero attached hydrogens (tertiary/aromatic N) is 2. The number of aromatic amines is 1. The fourth-order valence-electron chi connectivity index (χ4n) is 8.33. The molecule has 1 saturated heterocycles. The minimum Gasteiger partial charge on any atom is -0.496 e. The first-order chi connectivity index (χ1) is 19.1. The first kappa shape index (κ1) is 25.0. The summed E-state index contributed by atoms with van der Waals surface area (Å²) in [5, 5.41) is 13.2. The van der Waals surface area contributed by atoms with Crippen LogP contribution in [0.3, 0.4) is 0 Å². The molecule has 0 amide bonds. The summed E-state index contributed by atoms with van der Waals surface area (Å²) >= 11 is 0. The standard InChI is InChI=1S/C33H41N3O3/c1-39-29-13-12-23(21-8-3-2-4-9-21)32-25(29)18-28-30-22(14-17-35-15-5-6-16-35)10-7-11-24(30)31-27(20-36(28)32)26(19-34-31)33(37)38/h12-13,18-22,30,34H,2-11,14-17H2,1H3,(H,37,38)/t22?,30-/m0/s1. The van der Waals surface area contributed by atoms with Gasteiger partial charge in [0.25, 0.3) is 0 Å². The molecule has 4 aliphatic rings. The number of fused-ring (bicyclic) bond motifs is 6. The number of carbonyl (C=O) groups is 1. The number of benzene rings is 1. The van der Waals surface area contributed by atoms with Crippen molar-refractivity contribution < 1.29 is 14.6 Å². The highest BCUT2D eigenvalue weighted by Gasteiger charge is 2.36. The molecule has 206 valence electrons. The number of aromatic nitrogens is 2. The second-order valence-electron chi connectivity index (χ2n) is 12.3. The second kappa shape index (κ2) is 10.2. The highest BCUT2D eigenvalue weighted by Crippen LogP contribution is 2.48. The molecular formula is C33H41N3O3. The van der Waals surface area contributed by atoms with E-state index in [1.165, 1.54) is 98.6 Å². The second-order valence-corrected chi connectivity index (χ2v) is 12.3. The number of hydrogen-bond donors (Lipinski definition) is 2. The van der Waals surface area contributed by atoms with Gasteiger partial charge in [-0.05, 0) is 106 Å². The first-order valence-corrected chi connectivity index (χ1v) is 15.2. The average Bonchev–Trinajstić information content (AvgIpc) is 3.70. The number of methoxy groups -OCH3 is 1.